The third kappa shape index (κ3) is 2.56. The van der Waals surface area contributed by atoms with E-state index in [0.717, 1.165) is 23.6 Å². The molecular weight excluding hydrogens is 256 g/mol. The summed E-state index contributed by atoms with van der Waals surface area (Å²) in [5.41, 5.74) is 9.00. The molecule has 1 aromatic rings. The van der Waals surface area contributed by atoms with Crippen molar-refractivity contribution in [3.63, 3.8) is 0 Å². The van der Waals surface area contributed by atoms with E-state index in [9.17, 15) is 0 Å². The number of rotatable bonds is 2. The summed E-state index contributed by atoms with van der Waals surface area (Å²) >= 11 is 0. The summed E-state index contributed by atoms with van der Waals surface area (Å²) in [7, 11) is 0. The Morgan fingerprint density at radius 1 is 1.50 bits per heavy atom. The number of anilines is 1. The third-order valence-electron chi connectivity index (χ3n) is 3.61. The first-order valence-electron chi connectivity index (χ1n) is 6.68. The van der Waals surface area contributed by atoms with Gasteiger partial charge >= 0.3 is 0 Å². The van der Waals surface area contributed by atoms with Crippen molar-refractivity contribution in [1.29, 1.82) is 0 Å². The molecule has 1 aromatic heterocycles. The molecule has 6 nitrogen and oxygen atoms in total. The van der Waals surface area contributed by atoms with Gasteiger partial charge in [-0.25, -0.2) is 0 Å². The normalized spacial score (nSPS) is 19.2. The first-order chi connectivity index (χ1) is 9.36. The zero-order valence-electron chi connectivity index (χ0n) is 12.5. The molecule has 0 amide bonds. The van der Waals surface area contributed by atoms with Crippen LogP contribution in [-0.4, -0.2) is 41.3 Å². The fourth-order valence-corrected chi connectivity index (χ4v) is 2.69. The predicted molar refractivity (Wildman–Crippen MR) is 78.5 cm³/mol. The Labute approximate surface area is 119 Å². The predicted octanol–water partition coefficient (Wildman–Crippen LogP) is 1.41. The number of hydrogen-bond acceptors (Lipinski definition) is 5. The molecule has 0 atom stereocenters. The Balaban J connectivity index is 2.60. The molecule has 0 aromatic carbocycles. The molecular formula is C14H22N4O2. The number of nitrogens with two attached hydrogens (primary N) is 1. The van der Waals surface area contributed by atoms with E-state index in [0.29, 0.717) is 18.8 Å². The highest BCUT2D eigenvalue weighted by Crippen LogP contribution is 2.31. The molecule has 0 spiro atoms. The van der Waals surface area contributed by atoms with Crippen LogP contribution in [0.25, 0.3) is 0 Å². The lowest BCUT2D eigenvalue weighted by atomic mass is 9.98. The SMILES string of the molecule is Cc1cc(N2CCOCC2(C)C)c(/C(N)=N/O)c(C)n1. The topological polar surface area (TPSA) is 84.0 Å². The van der Waals surface area contributed by atoms with E-state index in [-0.39, 0.29) is 11.4 Å². The monoisotopic (exact) mass is 278 g/mol. The van der Waals surface area contributed by atoms with Crippen molar-refractivity contribution in [3.05, 3.63) is 23.0 Å². The number of ether oxygens (including phenoxy) is 1. The molecule has 110 valence electrons. The lowest BCUT2D eigenvalue weighted by Gasteiger charge is -2.44. The van der Waals surface area contributed by atoms with Crippen LogP contribution in [0.5, 0.6) is 0 Å². The van der Waals surface area contributed by atoms with Crippen molar-refractivity contribution in [3.8, 4) is 0 Å². The van der Waals surface area contributed by atoms with E-state index in [1.807, 2.05) is 19.9 Å². The summed E-state index contributed by atoms with van der Waals surface area (Å²) in [6.45, 7) is 10.1. The number of morpholine rings is 1. The highest BCUT2D eigenvalue weighted by Gasteiger charge is 2.33. The van der Waals surface area contributed by atoms with Gasteiger partial charge in [0.1, 0.15) is 0 Å². The largest absolute Gasteiger partial charge is 0.409 e. The Bertz CT molecular complexity index is 540. The maximum absolute atomic E-state index is 9.03. The molecule has 0 unspecified atom stereocenters. The Kier molecular flexibility index (Phi) is 3.85. The number of amidine groups is 1. The molecule has 2 heterocycles. The molecule has 0 bridgehead atoms. The molecule has 0 radical (unpaired) electrons. The van der Waals surface area contributed by atoms with Gasteiger partial charge in [-0.2, -0.15) is 0 Å². The first-order valence-corrected chi connectivity index (χ1v) is 6.68. The fourth-order valence-electron chi connectivity index (χ4n) is 2.69. The van der Waals surface area contributed by atoms with E-state index in [2.05, 4.69) is 28.9 Å². The van der Waals surface area contributed by atoms with Crippen LogP contribution in [0.4, 0.5) is 5.69 Å². The van der Waals surface area contributed by atoms with Crippen LogP contribution >= 0.6 is 0 Å². The van der Waals surface area contributed by atoms with Crippen LogP contribution < -0.4 is 10.6 Å². The van der Waals surface area contributed by atoms with Gasteiger partial charge in [-0.05, 0) is 33.8 Å². The maximum atomic E-state index is 9.03. The van der Waals surface area contributed by atoms with Gasteiger partial charge in [0.05, 0.1) is 35.7 Å². The first kappa shape index (κ1) is 14.6. The summed E-state index contributed by atoms with van der Waals surface area (Å²) in [6, 6.07) is 1.98. The molecule has 1 saturated heterocycles. The summed E-state index contributed by atoms with van der Waals surface area (Å²) in [5, 5.41) is 12.2. The number of nitrogens with zero attached hydrogens (tertiary/aromatic N) is 3. The lowest BCUT2D eigenvalue weighted by Crippen LogP contribution is -2.53. The van der Waals surface area contributed by atoms with Crippen molar-refractivity contribution in [2.75, 3.05) is 24.7 Å². The van der Waals surface area contributed by atoms with Crippen LogP contribution in [0.1, 0.15) is 30.8 Å². The van der Waals surface area contributed by atoms with E-state index in [4.69, 9.17) is 15.7 Å². The van der Waals surface area contributed by atoms with Gasteiger partial charge in [0.2, 0.25) is 0 Å². The van der Waals surface area contributed by atoms with Gasteiger partial charge in [0, 0.05) is 12.2 Å². The molecule has 0 saturated carbocycles. The van der Waals surface area contributed by atoms with Crippen molar-refractivity contribution in [2.45, 2.75) is 33.2 Å². The summed E-state index contributed by atoms with van der Waals surface area (Å²) in [5.74, 6) is 0.0901. The second kappa shape index (κ2) is 5.28. The van der Waals surface area contributed by atoms with Gasteiger partial charge in [-0.1, -0.05) is 5.16 Å². The van der Waals surface area contributed by atoms with Crippen LogP contribution in [0.15, 0.2) is 11.2 Å². The smallest absolute Gasteiger partial charge is 0.174 e. The second-order valence-electron chi connectivity index (χ2n) is 5.75. The van der Waals surface area contributed by atoms with E-state index >= 15 is 0 Å². The van der Waals surface area contributed by atoms with Crippen LogP contribution in [0.3, 0.4) is 0 Å². The average Bonchev–Trinajstić information content (AvgIpc) is 2.36. The number of oxime groups is 1. The third-order valence-corrected chi connectivity index (χ3v) is 3.61. The van der Waals surface area contributed by atoms with Gasteiger partial charge in [0.25, 0.3) is 0 Å². The zero-order chi connectivity index (χ0) is 14.9. The van der Waals surface area contributed by atoms with E-state index in [1.165, 1.54) is 0 Å². The highest BCUT2D eigenvalue weighted by atomic mass is 16.5. The number of aryl methyl sites for hydroxylation is 2. The minimum atomic E-state index is -0.150. The summed E-state index contributed by atoms with van der Waals surface area (Å²) < 4.78 is 5.56. The van der Waals surface area contributed by atoms with Gasteiger partial charge in [-0.15, -0.1) is 0 Å². The number of hydrogen-bond donors (Lipinski definition) is 2. The molecule has 20 heavy (non-hydrogen) atoms. The Morgan fingerprint density at radius 3 is 2.80 bits per heavy atom. The quantitative estimate of drug-likeness (QED) is 0.370. The molecule has 1 fully saturated rings. The van der Waals surface area contributed by atoms with Crippen molar-refractivity contribution in [1.82, 2.24) is 4.98 Å². The van der Waals surface area contributed by atoms with Crippen LogP contribution in [0.2, 0.25) is 0 Å². The van der Waals surface area contributed by atoms with Gasteiger partial charge in [-0.3, -0.25) is 4.98 Å². The molecule has 1 aliphatic rings. The van der Waals surface area contributed by atoms with Crippen LogP contribution in [-0.2, 0) is 4.74 Å². The van der Waals surface area contributed by atoms with Gasteiger partial charge < -0.3 is 20.6 Å². The van der Waals surface area contributed by atoms with Gasteiger partial charge in [0.15, 0.2) is 5.84 Å². The van der Waals surface area contributed by atoms with E-state index < -0.39 is 0 Å². The zero-order valence-corrected chi connectivity index (χ0v) is 12.5. The lowest BCUT2D eigenvalue weighted by molar-refractivity contribution is 0.0643. The van der Waals surface area contributed by atoms with Crippen LogP contribution in [0, 0.1) is 13.8 Å². The minimum absolute atomic E-state index is 0.0901. The average molecular weight is 278 g/mol. The molecule has 3 N–H and O–H groups in total. The summed E-state index contributed by atoms with van der Waals surface area (Å²) in [6.07, 6.45) is 0. The second-order valence-corrected chi connectivity index (χ2v) is 5.75. The molecule has 2 rings (SSSR count). The Morgan fingerprint density at radius 2 is 2.20 bits per heavy atom. The van der Waals surface area contributed by atoms with Crippen molar-refractivity contribution >= 4 is 11.5 Å². The minimum Gasteiger partial charge on any atom is -0.409 e. The standard InChI is InChI=1S/C14H22N4O2/c1-9-7-11(12(10(2)16-9)13(15)17-19)18-5-6-20-8-14(18,3)4/h7,19H,5-6,8H2,1-4H3,(H2,15,17). The van der Waals surface area contributed by atoms with E-state index in [1.54, 1.807) is 0 Å². The number of pyridine rings is 1. The molecule has 1 aliphatic heterocycles. The number of aromatic nitrogens is 1. The molecule has 0 aliphatic carbocycles. The van der Waals surface area contributed by atoms with Crippen molar-refractivity contribution < 1.29 is 9.94 Å². The fraction of sp³-hybridized carbons (Fsp3) is 0.571. The Hall–Kier alpha value is -1.82. The molecule has 6 heteroatoms. The summed E-state index contributed by atoms with van der Waals surface area (Å²) in [4.78, 5) is 6.66. The van der Waals surface area contributed by atoms with Crippen molar-refractivity contribution in [2.24, 2.45) is 10.9 Å². The maximum Gasteiger partial charge on any atom is 0.174 e. The highest BCUT2D eigenvalue weighted by molar-refractivity contribution is 6.03.